The fraction of sp³-hybridized carbons (Fsp3) is 0.833. The second-order valence-corrected chi connectivity index (χ2v) is 4.42. The van der Waals surface area contributed by atoms with Crippen LogP contribution in [0.4, 0.5) is 0 Å². The maximum absolute atomic E-state index is 4.33. The lowest BCUT2D eigenvalue weighted by Crippen LogP contribution is -2.29. The zero-order chi connectivity index (χ0) is 12.0. The Balaban J connectivity index is 2.49. The maximum Gasteiger partial charge on any atom is 0.138 e. The second kappa shape index (κ2) is 6.63. The number of aromatic nitrogens is 3. The number of rotatable bonds is 7. The van der Waals surface area contributed by atoms with E-state index in [9.17, 15) is 0 Å². The molecule has 0 saturated carbocycles. The summed E-state index contributed by atoms with van der Waals surface area (Å²) in [5.74, 6) is 1.10. The fourth-order valence-electron chi connectivity index (χ4n) is 1.93. The molecule has 0 aliphatic rings. The molecular weight excluding hydrogens is 200 g/mol. The minimum absolute atomic E-state index is 0.400. The summed E-state index contributed by atoms with van der Waals surface area (Å²) in [6, 6.07) is 0.999. The van der Waals surface area contributed by atoms with E-state index < -0.39 is 0 Å². The first kappa shape index (κ1) is 13.2. The van der Waals surface area contributed by atoms with Crippen molar-refractivity contribution in [3.05, 3.63) is 12.2 Å². The van der Waals surface area contributed by atoms with E-state index in [1.165, 1.54) is 6.42 Å². The molecule has 4 heteroatoms. The average molecular weight is 224 g/mol. The molecule has 92 valence electrons. The van der Waals surface area contributed by atoms with Crippen molar-refractivity contribution in [3.63, 3.8) is 0 Å². The summed E-state index contributed by atoms with van der Waals surface area (Å²) in [4.78, 5) is 4.33. The molecule has 0 aromatic carbocycles. The Bertz CT molecular complexity index is 293. The molecule has 0 aliphatic heterocycles. The van der Waals surface area contributed by atoms with Crippen molar-refractivity contribution in [3.8, 4) is 0 Å². The number of hydrogen-bond acceptors (Lipinski definition) is 3. The van der Waals surface area contributed by atoms with Crippen molar-refractivity contribution in [2.24, 2.45) is 0 Å². The third-order valence-electron chi connectivity index (χ3n) is 2.84. The van der Waals surface area contributed by atoms with Crippen LogP contribution in [0.3, 0.4) is 0 Å². The van der Waals surface area contributed by atoms with Gasteiger partial charge in [-0.05, 0) is 33.2 Å². The smallest absolute Gasteiger partial charge is 0.138 e. The van der Waals surface area contributed by atoms with Gasteiger partial charge in [0.25, 0.3) is 0 Å². The number of nitrogens with zero attached hydrogens (tertiary/aromatic N) is 3. The molecule has 0 saturated heterocycles. The van der Waals surface area contributed by atoms with E-state index in [1.807, 2.05) is 4.68 Å². The van der Waals surface area contributed by atoms with Crippen molar-refractivity contribution in [1.82, 2.24) is 20.1 Å². The Kier molecular flexibility index (Phi) is 5.46. The molecule has 0 spiro atoms. The first-order valence-electron chi connectivity index (χ1n) is 6.30. The monoisotopic (exact) mass is 224 g/mol. The summed E-state index contributed by atoms with van der Waals surface area (Å²) in [6.07, 6.45) is 4.96. The van der Waals surface area contributed by atoms with Gasteiger partial charge in [-0.1, -0.05) is 13.8 Å². The molecule has 1 rings (SSSR count). The van der Waals surface area contributed by atoms with E-state index >= 15 is 0 Å². The number of nitrogens with one attached hydrogen (secondary N) is 1. The van der Waals surface area contributed by atoms with Crippen LogP contribution in [0.5, 0.6) is 0 Å². The Morgan fingerprint density at radius 2 is 2.12 bits per heavy atom. The molecule has 0 fully saturated rings. The summed E-state index contributed by atoms with van der Waals surface area (Å²) in [5, 5.41) is 7.74. The van der Waals surface area contributed by atoms with Crippen molar-refractivity contribution in [2.45, 2.75) is 59.0 Å². The molecule has 1 unspecified atom stereocenters. The zero-order valence-corrected chi connectivity index (χ0v) is 10.9. The highest BCUT2D eigenvalue weighted by Gasteiger charge is 2.10. The Morgan fingerprint density at radius 1 is 1.38 bits per heavy atom. The van der Waals surface area contributed by atoms with Gasteiger partial charge >= 0.3 is 0 Å². The van der Waals surface area contributed by atoms with Crippen LogP contribution in [0.25, 0.3) is 0 Å². The average Bonchev–Trinajstić information content (AvgIpc) is 2.72. The van der Waals surface area contributed by atoms with Gasteiger partial charge in [-0.3, -0.25) is 0 Å². The SMILES string of the molecule is CCNC(CC)CCc1ncnn1C(C)C. The van der Waals surface area contributed by atoms with Gasteiger partial charge in [0.15, 0.2) is 0 Å². The van der Waals surface area contributed by atoms with Gasteiger partial charge in [-0.15, -0.1) is 0 Å². The molecule has 4 nitrogen and oxygen atoms in total. The van der Waals surface area contributed by atoms with Gasteiger partial charge in [0.1, 0.15) is 12.2 Å². The van der Waals surface area contributed by atoms with Crippen LogP contribution in [0.1, 0.15) is 52.4 Å². The lowest BCUT2D eigenvalue weighted by atomic mass is 10.1. The molecule has 0 radical (unpaired) electrons. The first-order chi connectivity index (χ1) is 7.69. The van der Waals surface area contributed by atoms with Crippen LogP contribution in [0.2, 0.25) is 0 Å². The Hall–Kier alpha value is -0.900. The Labute approximate surface area is 98.5 Å². The topological polar surface area (TPSA) is 42.7 Å². The highest BCUT2D eigenvalue weighted by Crippen LogP contribution is 2.09. The van der Waals surface area contributed by atoms with Crippen molar-refractivity contribution >= 4 is 0 Å². The summed E-state index contributed by atoms with van der Waals surface area (Å²) in [6.45, 7) is 9.69. The van der Waals surface area contributed by atoms with E-state index in [4.69, 9.17) is 0 Å². The van der Waals surface area contributed by atoms with Gasteiger partial charge in [-0.2, -0.15) is 5.10 Å². The molecule has 16 heavy (non-hydrogen) atoms. The molecule has 0 bridgehead atoms. The Morgan fingerprint density at radius 3 is 2.69 bits per heavy atom. The molecule has 1 aromatic rings. The molecule has 1 heterocycles. The lowest BCUT2D eigenvalue weighted by Gasteiger charge is -2.16. The van der Waals surface area contributed by atoms with Gasteiger partial charge in [0.2, 0.25) is 0 Å². The molecule has 1 N–H and O–H groups in total. The minimum atomic E-state index is 0.400. The van der Waals surface area contributed by atoms with Crippen LogP contribution in [0, 0.1) is 0 Å². The first-order valence-corrected chi connectivity index (χ1v) is 6.30. The van der Waals surface area contributed by atoms with Crippen molar-refractivity contribution in [1.29, 1.82) is 0 Å². The number of aryl methyl sites for hydroxylation is 1. The second-order valence-electron chi connectivity index (χ2n) is 4.42. The van der Waals surface area contributed by atoms with Gasteiger partial charge < -0.3 is 5.32 Å². The number of hydrogen-bond donors (Lipinski definition) is 1. The summed E-state index contributed by atoms with van der Waals surface area (Å²) in [7, 11) is 0. The lowest BCUT2D eigenvalue weighted by molar-refractivity contribution is 0.452. The van der Waals surface area contributed by atoms with E-state index in [1.54, 1.807) is 6.33 Å². The molecular formula is C12H24N4. The van der Waals surface area contributed by atoms with Crippen LogP contribution in [0.15, 0.2) is 6.33 Å². The van der Waals surface area contributed by atoms with Crippen LogP contribution >= 0.6 is 0 Å². The van der Waals surface area contributed by atoms with Crippen molar-refractivity contribution < 1.29 is 0 Å². The fourth-order valence-corrected chi connectivity index (χ4v) is 1.93. The van der Waals surface area contributed by atoms with E-state index in [0.29, 0.717) is 12.1 Å². The van der Waals surface area contributed by atoms with E-state index in [2.05, 4.69) is 43.1 Å². The molecule has 0 amide bonds. The summed E-state index contributed by atoms with van der Waals surface area (Å²) >= 11 is 0. The predicted octanol–water partition coefficient (Wildman–Crippen LogP) is 2.18. The quantitative estimate of drug-likeness (QED) is 0.772. The van der Waals surface area contributed by atoms with Gasteiger partial charge in [0.05, 0.1) is 0 Å². The van der Waals surface area contributed by atoms with Crippen LogP contribution < -0.4 is 5.32 Å². The van der Waals surface area contributed by atoms with Gasteiger partial charge in [-0.25, -0.2) is 9.67 Å². The van der Waals surface area contributed by atoms with E-state index in [-0.39, 0.29) is 0 Å². The maximum atomic E-state index is 4.33. The van der Waals surface area contributed by atoms with E-state index in [0.717, 1.165) is 25.2 Å². The standard InChI is InChI=1S/C12H24N4/c1-5-11(13-6-2)7-8-12-14-9-15-16(12)10(3)4/h9-11,13H,5-8H2,1-4H3. The van der Waals surface area contributed by atoms with Crippen LogP contribution in [-0.4, -0.2) is 27.4 Å². The summed E-state index contributed by atoms with van der Waals surface area (Å²) < 4.78 is 2.01. The van der Waals surface area contributed by atoms with Gasteiger partial charge in [0, 0.05) is 18.5 Å². The third kappa shape index (κ3) is 3.59. The van der Waals surface area contributed by atoms with Crippen molar-refractivity contribution in [2.75, 3.05) is 6.54 Å². The highest BCUT2D eigenvalue weighted by molar-refractivity contribution is 4.88. The zero-order valence-electron chi connectivity index (χ0n) is 10.9. The van der Waals surface area contributed by atoms with Crippen LogP contribution in [-0.2, 0) is 6.42 Å². The minimum Gasteiger partial charge on any atom is -0.314 e. The summed E-state index contributed by atoms with van der Waals surface area (Å²) in [5.41, 5.74) is 0. The normalized spacial score (nSPS) is 13.3. The molecule has 0 aliphatic carbocycles. The largest absolute Gasteiger partial charge is 0.314 e. The predicted molar refractivity (Wildman–Crippen MR) is 66.5 cm³/mol. The highest BCUT2D eigenvalue weighted by atomic mass is 15.3. The third-order valence-corrected chi connectivity index (χ3v) is 2.84. The molecule has 1 atom stereocenters. The molecule has 1 aromatic heterocycles.